The van der Waals surface area contributed by atoms with E-state index in [1.54, 1.807) is 11.3 Å². The zero-order chi connectivity index (χ0) is 20.2. The maximum Gasteiger partial charge on any atom is 0.230 e. The third kappa shape index (κ3) is 4.56. The van der Waals surface area contributed by atoms with Gasteiger partial charge < -0.3 is 9.88 Å². The highest BCUT2D eigenvalue weighted by Gasteiger charge is 2.17. The third-order valence-corrected chi connectivity index (χ3v) is 7.19. The Labute approximate surface area is 179 Å². The van der Waals surface area contributed by atoms with E-state index < -0.39 is 0 Å². The summed E-state index contributed by atoms with van der Waals surface area (Å²) < 4.78 is 2.07. The predicted molar refractivity (Wildman–Crippen MR) is 119 cm³/mol. The SMILES string of the molecule is CCn1c(SCC(=O)N[C@H](C)c2ccc3c(c2)CCCC3)nnc1-c1cccs1. The van der Waals surface area contributed by atoms with Gasteiger partial charge in [-0.2, -0.15) is 0 Å². The van der Waals surface area contributed by atoms with Crippen LogP contribution in [0.2, 0.25) is 0 Å². The van der Waals surface area contributed by atoms with Crippen molar-refractivity contribution in [3.8, 4) is 10.7 Å². The van der Waals surface area contributed by atoms with Gasteiger partial charge >= 0.3 is 0 Å². The van der Waals surface area contributed by atoms with Gasteiger partial charge in [0.05, 0.1) is 16.7 Å². The molecule has 1 aliphatic carbocycles. The normalized spacial score (nSPS) is 14.4. The van der Waals surface area contributed by atoms with Gasteiger partial charge in [0.15, 0.2) is 11.0 Å². The molecule has 3 aromatic rings. The molecule has 0 fully saturated rings. The number of rotatable bonds is 7. The number of fused-ring (bicyclic) bond motifs is 1. The van der Waals surface area contributed by atoms with E-state index in [-0.39, 0.29) is 11.9 Å². The van der Waals surface area contributed by atoms with Gasteiger partial charge in [-0.25, -0.2) is 0 Å². The molecular formula is C22H26N4OS2. The van der Waals surface area contributed by atoms with Gasteiger partial charge in [0.25, 0.3) is 0 Å². The van der Waals surface area contributed by atoms with Crippen LogP contribution in [0, 0.1) is 0 Å². The number of nitrogens with one attached hydrogen (secondary N) is 1. The van der Waals surface area contributed by atoms with Crippen LogP contribution in [0.5, 0.6) is 0 Å². The first-order chi connectivity index (χ1) is 14.2. The molecule has 1 N–H and O–H groups in total. The fraction of sp³-hybridized carbons (Fsp3) is 0.409. The second-order valence-electron chi connectivity index (χ2n) is 7.34. The maximum atomic E-state index is 12.5. The molecule has 1 atom stereocenters. The number of hydrogen-bond acceptors (Lipinski definition) is 5. The summed E-state index contributed by atoms with van der Waals surface area (Å²) in [6.45, 7) is 4.90. The second-order valence-corrected chi connectivity index (χ2v) is 9.23. The standard InChI is InChI=1S/C22H26N4OS2/c1-3-26-21(19-9-6-12-28-19)24-25-22(26)29-14-20(27)23-15(2)17-11-10-16-7-4-5-8-18(16)13-17/h6,9-13,15H,3-5,7-8,14H2,1-2H3,(H,23,27)/t15-/m1/s1. The molecule has 0 saturated carbocycles. The fourth-order valence-electron chi connectivity index (χ4n) is 3.79. The van der Waals surface area contributed by atoms with Gasteiger partial charge in [-0.05, 0) is 67.7 Å². The monoisotopic (exact) mass is 426 g/mol. The summed E-state index contributed by atoms with van der Waals surface area (Å²) in [5.74, 6) is 1.22. The summed E-state index contributed by atoms with van der Waals surface area (Å²) in [7, 11) is 0. The Hall–Kier alpha value is -2.12. The first kappa shape index (κ1) is 20.2. The Morgan fingerprint density at radius 1 is 1.24 bits per heavy atom. The molecule has 0 spiro atoms. The van der Waals surface area contributed by atoms with E-state index in [0.29, 0.717) is 5.75 Å². The minimum absolute atomic E-state index is 0.000973. The van der Waals surface area contributed by atoms with Gasteiger partial charge in [-0.3, -0.25) is 4.79 Å². The molecule has 4 rings (SSSR count). The lowest BCUT2D eigenvalue weighted by Gasteiger charge is -2.20. The van der Waals surface area contributed by atoms with E-state index in [2.05, 4.69) is 52.1 Å². The number of carbonyl (C=O) groups is 1. The van der Waals surface area contributed by atoms with Crippen molar-refractivity contribution < 1.29 is 4.79 Å². The Balaban J connectivity index is 1.37. The van der Waals surface area contributed by atoms with Crippen molar-refractivity contribution in [2.45, 2.75) is 57.3 Å². The number of aromatic nitrogens is 3. The molecule has 1 aliphatic rings. The highest BCUT2D eigenvalue weighted by atomic mass is 32.2. The van der Waals surface area contributed by atoms with Gasteiger partial charge in [0, 0.05) is 6.54 Å². The minimum atomic E-state index is 0.000973. The lowest BCUT2D eigenvalue weighted by molar-refractivity contribution is -0.119. The number of thiophene rings is 1. The molecule has 0 aliphatic heterocycles. The van der Waals surface area contributed by atoms with E-state index in [1.165, 1.54) is 47.7 Å². The summed E-state index contributed by atoms with van der Waals surface area (Å²) in [5.41, 5.74) is 4.09. The van der Waals surface area contributed by atoms with E-state index in [4.69, 9.17) is 0 Å². The largest absolute Gasteiger partial charge is 0.349 e. The number of carbonyl (C=O) groups excluding carboxylic acids is 1. The predicted octanol–water partition coefficient (Wildman–Crippen LogP) is 4.87. The summed E-state index contributed by atoms with van der Waals surface area (Å²) in [6, 6.07) is 10.7. The second kappa shape index (κ2) is 9.13. The molecular weight excluding hydrogens is 400 g/mol. The van der Waals surface area contributed by atoms with Crippen LogP contribution in [-0.2, 0) is 24.2 Å². The van der Waals surface area contributed by atoms with E-state index in [1.807, 2.05) is 17.5 Å². The van der Waals surface area contributed by atoms with Crippen LogP contribution in [-0.4, -0.2) is 26.4 Å². The number of amides is 1. The van der Waals surface area contributed by atoms with E-state index in [9.17, 15) is 4.79 Å². The lowest BCUT2D eigenvalue weighted by atomic mass is 9.89. The Morgan fingerprint density at radius 3 is 2.83 bits per heavy atom. The van der Waals surface area contributed by atoms with Crippen molar-refractivity contribution in [1.29, 1.82) is 0 Å². The van der Waals surface area contributed by atoms with Crippen molar-refractivity contribution in [3.05, 3.63) is 52.4 Å². The van der Waals surface area contributed by atoms with Gasteiger partial charge in [0.1, 0.15) is 0 Å². The number of benzene rings is 1. The molecule has 29 heavy (non-hydrogen) atoms. The highest BCUT2D eigenvalue weighted by molar-refractivity contribution is 7.99. The first-order valence-corrected chi connectivity index (χ1v) is 12.0. The van der Waals surface area contributed by atoms with Crippen LogP contribution in [0.1, 0.15) is 49.4 Å². The average molecular weight is 427 g/mol. The molecule has 7 heteroatoms. The van der Waals surface area contributed by atoms with Crippen molar-refractivity contribution in [2.24, 2.45) is 0 Å². The Bertz CT molecular complexity index is 981. The van der Waals surface area contributed by atoms with Gasteiger partial charge in [-0.1, -0.05) is 36.0 Å². The lowest BCUT2D eigenvalue weighted by Crippen LogP contribution is -2.28. The third-order valence-electron chi connectivity index (χ3n) is 5.36. The molecule has 0 saturated heterocycles. The maximum absolute atomic E-state index is 12.5. The molecule has 2 heterocycles. The summed E-state index contributed by atoms with van der Waals surface area (Å²) in [6.07, 6.45) is 4.88. The molecule has 2 aromatic heterocycles. The van der Waals surface area contributed by atoms with Crippen molar-refractivity contribution in [3.63, 3.8) is 0 Å². The van der Waals surface area contributed by atoms with Crippen molar-refractivity contribution in [1.82, 2.24) is 20.1 Å². The zero-order valence-electron chi connectivity index (χ0n) is 16.9. The smallest absolute Gasteiger partial charge is 0.230 e. The van der Waals surface area contributed by atoms with Crippen LogP contribution >= 0.6 is 23.1 Å². The Morgan fingerprint density at radius 2 is 2.07 bits per heavy atom. The van der Waals surface area contributed by atoms with Crippen LogP contribution in [0.25, 0.3) is 10.7 Å². The molecule has 0 bridgehead atoms. The van der Waals surface area contributed by atoms with E-state index >= 15 is 0 Å². The van der Waals surface area contributed by atoms with Crippen molar-refractivity contribution in [2.75, 3.05) is 5.75 Å². The van der Waals surface area contributed by atoms with Crippen LogP contribution in [0.15, 0.2) is 40.9 Å². The number of thioether (sulfide) groups is 1. The average Bonchev–Trinajstić information content (AvgIpc) is 3.41. The summed E-state index contributed by atoms with van der Waals surface area (Å²) in [4.78, 5) is 13.6. The van der Waals surface area contributed by atoms with Crippen LogP contribution in [0.3, 0.4) is 0 Å². The zero-order valence-corrected chi connectivity index (χ0v) is 18.5. The van der Waals surface area contributed by atoms with E-state index in [0.717, 1.165) is 28.8 Å². The molecule has 0 radical (unpaired) electrons. The molecule has 1 amide bonds. The minimum Gasteiger partial charge on any atom is -0.349 e. The van der Waals surface area contributed by atoms with Crippen LogP contribution in [0.4, 0.5) is 0 Å². The van der Waals surface area contributed by atoms with Gasteiger partial charge in [-0.15, -0.1) is 21.5 Å². The molecule has 0 unspecified atom stereocenters. The van der Waals surface area contributed by atoms with Crippen LogP contribution < -0.4 is 5.32 Å². The van der Waals surface area contributed by atoms with Gasteiger partial charge in [0.2, 0.25) is 5.91 Å². The molecule has 5 nitrogen and oxygen atoms in total. The summed E-state index contributed by atoms with van der Waals surface area (Å²) >= 11 is 3.09. The summed E-state index contributed by atoms with van der Waals surface area (Å²) in [5, 5.41) is 14.6. The van der Waals surface area contributed by atoms with Crippen molar-refractivity contribution >= 4 is 29.0 Å². The Kier molecular flexibility index (Phi) is 6.35. The number of hydrogen-bond donors (Lipinski definition) is 1. The fourth-order valence-corrected chi connectivity index (χ4v) is 5.32. The highest BCUT2D eigenvalue weighted by Crippen LogP contribution is 2.28. The molecule has 1 aromatic carbocycles. The quantitative estimate of drug-likeness (QED) is 0.547. The topological polar surface area (TPSA) is 59.8 Å². The number of nitrogens with zero attached hydrogens (tertiary/aromatic N) is 3. The number of aryl methyl sites for hydroxylation is 2. The molecule has 152 valence electrons. The first-order valence-electron chi connectivity index (χ1n) is 10.2.